The molecule has 4 nitrogen and oxygen atoms in total. The van der Waals surface area contributed by atoms with Gasteiger partial charge in [0.15, 0.2) is 17.5 Å². The highest BCUT2D eigenvalue weighted by Crippen LogP contribution is 2.33. The van der Waals surface area contributed by atoms with Crippen LogP contribution in [-0.2, 0) is 0 Å². The Hall–Kier alpha value is -5.92. The minimum Gasteiger partial charge on any atom is -0.208 e. The van der Waals surface area contributed by atoms with Gasteiger partial charge in [-0.3, -0.25) is 0 Å². The Balaban J connectivity index is 1.27. The molecule has 0 unspecified atom stereocenters. The van der Waals surface area contributed by atoms with Gasteiger partial charge in [0.05, 0.1) is 11.6 Å². The lowest BCUT2D eigenvalue weighted by Gasteiger charge is -2.11. The van der Waals surface area contributed by atoms with Gasteiger partial charge in [0.2, 0.25) is 0 Å². The van der Waals surface area contributed by atoms with Crippen LogP contribution in [-0.4, -0.2) is 15.0 Å². The summed E-state index contributed by atoms with van der Waals surface area (Å²) < 4.78 is 0. The topological polar surface area (TPSA) is 62.5 Å². The van der Waals surface area contributed by atoms with E-state index in [1.165, 1.54) is 10.8 Å². The van der Waals surface area contributed by atoms with E-state index in [1.54, 1.807) is 0 Å². The number of aromatic nitrogens is 3. The van der Waals surface area contributed by atoms with Crippen molar-refractivity contribution in [2.75, 3.05) is 0 Å². The first-order valence-electron chi connectivity index (χ1n) is 13.8. The third kappa shape index (κ3) is 4.92. The minimum absolute atomic E-state index is 0.635. The quantitative estimate of drug-likeness (QED) is 0.220. The Morgan fingerprint density at radius 1 is 0.405 bits per heavy atom. The van der Waals surface area contributed by atoms with Crippen molar-refractivity contribution < 1.29 is 0 Å². The Morgan fingerprint density at radius 2 is 0.905 bits per heavy atom. The number of rotatable bonds is 5. The Labute approximate surface area is 244 Å². The van der Waals surface area contributed by atoms with Crippen molar-refractivity contribution in [3.63, 3.8) is 0 Å². The number of nitriles is 1. The van der Waals surface area contributed by atoms with E-state index in [1.807, 2.05) is 84.9 Å². The lowest BCUT2D eigenvalue weighted by molar-refractivity contribution is 1.07. The fraction of sp³-hybridized carbons (Fsp3) is 0. The molecular formula is C38H24N4. The van der Waals surface area contributed by atoms with E-state index in [0.29, 0.717) is 23.0 Å². The maximum absolute atomic E-state index is 9.20. The molecule has 0 aliphatic carbocycles. The molecule has 0 fully saturated rings. The zero-order chi connectivity index (χ0) is 28.3. The van der Waals surface area contributed by atoms with Crippen molar-refractivity contribution in [1.82, 2.24) is 15.0 Å². The summed E-state index contributed by atoms with van der Waals surface area (Å²) in [5, 5.41) is 11.5. The first kappa shape index (κ1) is 25.1. The maximum atomic E-state index is 9.20. The van der Waals surface area contributed by atoms with E-state index in [2.05, 4.69) is 66.7 Å². The van der Waals surface area contributed by atoms with Gasteiger partial charge in [-0.1, -0.05) is 127 Å². The predicted octanol–water partition coefficient (Wildman–Crippen LogP) is 9.23. The van der Waals surface area contributed by atoms with Crippen LogP contribution in [0.25, 0.3) is 67.2 Å². The van der Waals surface area contributed by atoms with Crippen LogP contribution in [0.5, 0.6) is 0 Å². The van der Waals surface area contributed by atoms with Crippen molar-refractivity contribution in [3.8, 4) is 62.5 Å². The van der Waals surface area contributed by atoms with Crippen molar-refractivity contribution >= 4 is 10.8 Å². The maximum Gasteiger partial charge on any atom is 0.164 e. The number of fused-ring (bicyclic) bond motifs is 1. The van der Waals surface area contributed by atoms with Crippen LogP contribution in [0.2, 0.25) is 0 Å². The van der Waals surface area contributed by atoms with Crippen molar-refractivity contribution in [2.24, 2.45) is 0 Å². The molecule has 0 spiro atoms. The van der Waals surface area contributed by atoms with Gasteiger partial charge in [-0.15, -0.1) is 0 Å². The molecule has 0 amide bonds. The smallest absolute Gasteiger partial charge is 0.164 e. The highest BCUT2D eigenvalue weighted by molar-refractivity contribution is 5.99. The molecule has 0 saturated carbocycles. The van der Waals surface area contributed by atoms with E-state index in [0.717, 1.165) is 38.9 Å². The first-order chi connectivity index (χ1) is 20.7. The predicted molar refractivity (Wildman–Crippen MR) is 169 cm³/mol. The molecule has 196 valence electrons. The molecule has 6 aromatic carbocycles. The van der Waals surface area contributed by atoms with Crippen LogP contribution in [0.4, 0.5) is 0 Å². The first-order valence-corrected chi connectivity index (χ1v) is 13.8. The van der Waals surface area contributed by atoms with Crippen LogP contribution in [0.15, 0.2) is 146 Å². The zero-order valence-electron chi connectivity index (χ0n) is 22.6. The molecule has 0 radical (unpaired) electrons. The van der Waals surface area contributed by atoms with Gasteiger partial charge >= 0.3 is 0 Å². The van der Waals surface area contributed by atoms with Crippen LogP contribution >= 0.6 is 0 Å². The SMILES string of the molecule is N#Cc1ccc(-c2cccc3ccc(-c4ccc(-c5nc(-c6ccccc6)nc(-c6ccccc6)n5)cc4)cc23)cc1. The second kappa shape index (κ2) is 10.9. The molecule has 0 saturated heterocycles. The second-order valence-electron chi connectivity index (χ2n) is 10.0. The van der Waals surface area contributed by atoms with E-state index in [-0.39, 0.29) is 0 Å². The third-order valence-electron chi connectivity index (χ3n) is 7.38. The van der Waals surface area contributed by atoms with Crippen LogP contribution in [0.1, 0.15) is 5.56 Å². The van der Waals surface area contributed by atoms with E-state index >= 15 is 0 Å². The van der Waals surface area contributed by atoms with Gasteiger partial charge in [-0.05, 0) is 51.2 Å². The molecule has 0 N–H and O–H groups in total. The number of hydrogen-bond donors (Lipinski definition) is 0. The van der Waals surface area contributed by atoms with Crippen LogP contribution < -0.4 is 0 Å². The molecule has 7 rings (SSSR count). The molecular weight excluding hydrogens is 512 g/mol. The van der Waals surface area contributed by atoms with Gasteiger partial charge in [0.25, 0.3) is 0 Å². The lowest BCUT2D eigenvalue weighted by Crippen LogP contribution is -2.00. The molecule has 0 bridgehead atoms. The molecule has 0 atom stereocenters. The number of benzene rings is 6. The van der Waals surface area contributed by atoms with Gasteiger partial charge < -0.3 is 0 Å². The minimum atomic E-state index is 0.635. The summed E-state index contributed by atoms with van der Waals surface area (Å²) in [6.45, 7) is 0. The van der Waals surface area contributed by atoms with Crippen molar-refractivity contribution in [2.45, 2.75) is 0 Å². The number of nitrogens with zero attached hydrogens (tertiary/aromatic N) is 4. The Bertz CT molecular complexity index is 2000. The fourth-order valence-electron chi connectivity index (χ4n) is 5.18. The van der Waals surface area contributed by atoms with Crippen molar-refractivity contribution in [3.05, 3.63) is 151 Å². The fourth-order valence-corrected chi connectivity index (χ4v) is 5.18. The average Bonchev–Trinajstić information content (AvgIpc) is 3.08. The van der Waals surface area contributed by atoms with Crippen LogP contribution in [0, 0.1) is 11.3 Å². The normalized spacial score (nSPS) is 10.8. The second-order valence-corrected chi connectivity index (χ2v) is 10.0. The molecule has 1 heterocycles. The molecule has 7 aromatic rings. The van der Waals surface area contributed by atoms with E-state index in [4.69, 9.17) is 15.0 Å². The third-order valence-corrected chi connectivity index (χ3v) is 7.38. The van der Waals surface area contributed by atoms with Gasteiger partial charge in [-0.2, -0.15) is 5.26 Å². The average molecular weight is 537 g/mol. The van der Waals surface area contributed by atoms with Gasteiger partial charge in [-0.25, -0.2) is 15.0 Å². The summed E-state index contributed by atoms with van der Waals surface area (Å²) in [7, 11) is 0. The van der Waals surface area contributed by atoms with Crippen molar-refractivity contribution in [1.29, 1.82) is 5.26 Å². The molecule has 42 heavy (non-hydrogen) atoms. The molecule has 4 heteroatoms. The van der Waals surface area contributed by atoms with Crippen LogP contribution in [0.3, 0.4) is 0 Å². The number of hydrogen-bond acceptors (Lipinski definition) is 4. The monoisotopic (exact) mass is 536 g/mol. The summed E-state index contributed by atoms with van der Waals surface area (Å²) >= 11 is 0. The summed E-state index contributed by atoms with van der Waals surface area (Å²) in [5.74, 6) is 1.93. The summed E-state index contributed by atoms with van der Waals surface area (Å²) in [6, 6.07) is 51.2. The zero-order valence-corrected chi connectivity index (χ0v) is 22.6. The summed E-state index contributed by atoms with van der Waals surface area (Å²) in [5.41, 5.74) is 7.94. The van der Waals surface area contributed by atoms with Gasteiger partial charge in [0.1, 0.15) is 0 Å². The largest absolute Gasteiger partial charge is 0.208 e. The molecule has 0 aliphatic heterocycles. The van der Waals surface area contributed by atoms with E-state index in [9.17, 15) is 5.26 Å². The highest BCUT2D eigenvalue weighted by Gasteiger charge is 2.13. The van der Waals surface area contributed by atoms with Gasteiger partial charge in [0, 0.05) is 16.7 Å². The Morgan fingerprint density at radius 3 is 1.48 bits per heavy atom. The standard InChI is InChI=1S/C38H24N4/c39-25-26-14-16-29(17-15-26)34-13-7-12-28-20-23-33(24-35(28)34)27-18-21-32(22-19-27)38-41-36(30-8-3-1-4-9-30)40-37(42-38)31-10-5-2-6-11-31/h1-24H. The summed E-state index contributed by atoms with van der Waals surface area (Å²) in [6.07, 6.45) is 0. The molecule has 1 aromatic heterocycles. The lowest BCUT2D eigenvalue weighted by atomic mass is 9.94. The summed E-state index contributed by atoms with van der Waals surface area (Å²) in [4.78, 5) is 14.5. The Kier molecular flexibility index (Phi) is 6.52. The molecule has 0 aliphatic rings. The van der Waals surface area contributed by atoms with E-state index < -0.39 is 0 Å². The highest BCUT2D eigenvalue weighted by atomic mass is 15.0.